The van der Waals surface area contributed by atoms with Gasteiger partial charge in [-0.05, 0) is 37.3 Å². The molecule has 0 amide bonds. The van der Waals surface area contributed by atoms with Gasteiger partial charge in [0, 0.05) is 13.1 Å². The monoisotopic (exact) mass is 317 g/mol. The Morgan fingerprint density at radius 3 is 2.41 bits per heavy atom. The van der Waals surface area contributed by atoms with E-state index >= 15 is 0 Å². The highest BCUT2D eigenvalue weighted by atomic mass is 19.4. The number of carbonyl (C=O) groups excluding carboxylic acids is 1. The largest absolute Gasteiger partial charge is 0.494 e. The van der Waals surface area contributed by atoms with Gasteiger partial charge in [0.1, 0.15) is 5.75 Å². The third kappa shape index (κ3) is 5.22. The molecule has 0 atom stereocenters. The lowest BCUT2D eigenvalue weighted by molar-refractivity contribution is -0.242. The Morgan fingerprint density at radius 2 is 1.82 bits per heavy atom. The van der Waals surface area contributed by atoms with Crippen molar-refractivity contribution in [2.24, 2.45) is 5.92 Å². The first-order chi connectivity index (χ1) is 10.4. The van der Waals surface area contributed by atoms with Gasteiger partial charge in [-0.25, -0.2) is 4.79 Å². The van der Waals surface area contributed by atoms with Gasteiger partial charge in [-0.3, -0.25) is 0 Å². The lowest BCUT2D eigenvalue weighted by atomic mass is 9.95. The number of carbonyl (C=O) groups is 1. The fraction of sp³-hybridized carbons (Fsp3) is 0.533. The molecule has 1 saturated heterocycles. The van der Waals surface area contributed by atoms with Gasteiger partial charge in [-0.2, -0.15) is 13.2 Å². The Balaban J connectivity index is 1.64. The quantitative estimate of drug-likeness (QED) is 0.836. The minimum atomic E-state index is -4.94. The Kier molecular flexibility index (Phi) is 5.65. The van der Waals surface area contributed by atoms with Crippen LogP contribution in [-0.2, 0) is 9.63 Å². The molecule has 0 bridgehead atoms. The summed E-state index contributed by atoms with van der Waals surface area (Å²) in [5.41, 5.74) is 0. The van der Waals surface area contributed by atoms with E-state index in [2.05, 4.69) is 4.84 Å². The van der Waals surface area contributed by atoms with E-state index in [9.17, 15) is 18.0 Å². The number of para-hydroxylation sites is 1. The predicted octanol–water partition coefficient (Wildman–Crippen LogP) is 3.19. The number of nitrogens with zero attached hydrogens (tertiary/aromatic N) is 1. The summed E-state index contributed by atoms with van der Waals surface area (Å²) in [5.74, 6) is -0.984. The van der Waals surface area contributed by atoms with Gasteiger partial charge in [0.15, 0.2) is 0 Å². The molecule has 0 saturated carbocycles. The summed E-state index contributed by atoms with van der Waals surface area (Å²) >= 11 is 0. The summed E-state index contributed by atoms with van der Waals surface area (Å²) in [4.78, 5) is 15.1. The standard InChI is InChI=1S/C15H18F3NO3/c16-15(17,18)14(20)22-19-9-6-12(7-10-19)8-11-21-13-4-2-1-3-5-13/h1-5,12H,6-11H2. The first-order valence-electron chi connectivity index (χ1n) is 7.17. The van der Waals surface area contributed by atoms with Gasteiger partial charge < -0.3 is 9.57 Å². The van der Waals surface area contributed by atoms with Gasteiger partial charge in [-0.1, -0.05) is 18.2 Å². The number of benzene rings is 1. The first kappa shape index (κ1) is 16.6. The van der Waals surface area contributed by atoms with Crippen molar-refractivity contribution in [1.82, 2.24) is 5.06 Å². The Morgan fingerprint density at radius 1 is 1.18 bits per heavy atom. The van der Waals surface area contributed by atoms with Gasteiger partial charge in [-0.15, -0.1) is 5.06 Å². The second-order valence-corrected chi connectivity index (χ2v) is 5.20. The molecule has 0 unspecified atom stereocenters. The third-order valence-corrected chi connectivity index (χ3v) is 3.55. The average Bonchev–Trinajstić information content (AvgIpc) is 2.49. The highest BCUT2D eigenvalue weighted by Crippen LogP contribution is 2.23. The molecule has 122 valence electrons. The van der Waals surface area contributed by atoms with Crippen LogP contribution in [0.25, 0.3) is 0 Å². The van der Waals surface area contributed by atoms with E-state index in [1.807, 2.05) is 30.3 Å². The van der Waals surface area contributed by atoms with Crippen molar-refractivity contribution in [3.05, 3.63) is 30.3 Å². The lowest BCUT2D eigenvalue weighted by Gasteiger charge is -2.30. The van der Waals surface area contributed by atoms with E-state index in [1.54, 1.807) is 0 Å². The van der Waals surface area contributed by atoms with Gasteiger partial charge >= 0.3 is 12.1 Å². The zero-order valence-corrected chi connectivity index (χ0v) is 12.0. The molecule has 0 aliphatic carbocycles. The zero-order chi connectivity index (χ0) is 16.0. The summed E-state index contributed by atoms with van der Waals surface area (Å²) in [6, 6.07) is 9.44. The summed E-state index contributed by atoms with van der Waals surface area (Å²) in [6.45, 7) is 1.20. The van der Waals surface area contributed by atoms with Crippen LogP contribution in [0.2, 0.25) is 0 Å². The molecule has 1 aliphatic rings. The lowest BCUT2D eigenvalue weighted by Crippen LogP contribution is -2.39. The molecule has 1 fully saturated rings. The number of hydrogen-bond acceptors (Lipinski definition) is 4. The van der Waals surface area contributed by atoms with Crippen LogP contribution in [0.4, 0.5) is 13.2 Å². The molecule has 0 radical (unpaired) electrons. The van der Waals surface area contributed by atoms with Crippen LogP contribution in [0.1, 0.15) is 19.3 Å². The zero-order valence-electron chi connectivity index (χ0n) is 12.0. The molecule has 4 nitrogen and oxygen atoms in total. The highest BCUT2D eigenvalue weighted by Gasteiger charge is 2.42. The summed E-state index contributed by atoms with van der Waals surface area (Å²) in [5, 5.41) is 1.09. The van der Waals surface area contributed by atoms with Crippen LogP contribution in [-0.4, -0.2) is 36.9 Å². The van der Waals surface area contributed by atoms with Gasteiger partial charge in [0.2, 0.25) is 0 Å². The van der Waals surface area contributed by atoms with Crippen molar-refractivity contribution < 1.29 is 27.5 Å². The molecule has 2 rings (SSSR count). The second-order valence-electron chi connectivity index (χ2n) is 5.20. The van der Waals surface area contributed by atoms with Crippen LogP contribution in [0.5, 0.6) is 5.75 Å². The third-order valence-electron chi connectivity index (χ3n) is 3.55. The maximum absolute atomic E-state index is 12.1. The summed E-state index contributed by atoms with van der Waals surface area (Å²) in [7, 11) is 0. The molecular formula is C15H18F3NO3. The van der Waals surface area contributed by atoms with Crippen molar-refractivity contribution >= 4 is 5.97 Å². The summed E-state index contributed by atoms with van der Waals surface area (Å²) in [6.07, 6.45) is -2.75. The smallest absolute Gasteiger partial charge is 0.492 e. The van der Waals surface area contributed by atoms with E-state index in [4.69, 9.17) is 4.74 Å². The number of piperidine rings is 1. The number of alkyl halides is 3. The second kappa shape index (κ2) is 7.49. The van der Waals surface area contributed by atoms with E-state index in [0.29, 0.717) is 38.5 Å². The maximum Gasteiger partial charge on any atom is 0.492 e. The van der Waals surface area contributed by atoms with E-state index in [1.165, 1.54) is 0 Å². The summed E-state index contributed by atoms with van der Waals surface area (Å²) < 4.78 is 41.9. The Labute approximate surface area is 126 Å². The fourth-order valence-electron chi connectivity index (χ4n) is 2.32. The van der Waals surface area contributed by atoms with Crippen LogP contribution in [0, 0.1) is 5.92 Å². The Hall–Kier alpha value is -1.76. The molecule has 1 aromatic carbocycles. The topological polar surface area (TPSA) is 38.8 Å². The molecule has 1 heterocycles. The minimum Gasteiger partial charge on any atom is -0.494 e. The maximum atomic E-state index is 12.1. The molecule has 0 N–H and O–H groups in total. The fourth-order valence-corrected chi connectivity index (χ4v) is 2.32. The molecule has 1 aromatic rings. The first-order valence-corrected chi connectivity index (χ1v) is 7.17. The minimum absolute atomic E-state index is 0.317. The van der Waals surface area contributed by atoms with E-state index in [0.717, 1.165) is 17.2 Å². The average molecular weight is 317 g/mol. The van der Waals surface area contributed by atoms with Crippen molar-refractivity contribution in [3.8, 4) is 5.75 Å². The van der Waals surface area contributed by atoms with Crippen LogP contribution < -0.4 is 4.74 Å². The number of rotatable bonds is 5. The number of ether oxygens (including phenoxy) is 1. The van der Waals surface area contributed by atoms with Crippen molar-refractivity contribution in [1.29, 1.82) is 0 Å². The normalized spacial score (nSPS) is 17.2. The van der Waals surface area contributed by atoms with Crippen LogP contribution >= 0.6 is 0 Å². The molecule has 7 heteroatoms. The van der Waals surface area contributed by atoms with Crippen molar-refractivity contribution in [2.75, 3.05) is 19.7 Å². The number of hydrogen-bond donors (Lipinski definition) is 0. The van der Waals surface area contributed by atoms with Gasteiger partial charge in [0.05, 0.1) is 6.61 Å². The van der Waals surface area contributed by atoms with Crippen molar-refractivity contribution in [3.63, 3.8) is 0 Å². The van der Waals surface area contributed by atoms with Crippen molar-refractivity contribution in [2.45, 2.75) is 25.4 Å². The van der Waals surface area contributed by atoms with Gasteiger partial charge in [0.25, 0.3) is 0 Å². The molecular weight excluding hydrogens is 299 g/mol. The number of hydroxylamine groups is 2. The van der Waals surface area contributed by atoms with E-state index in [-0.39, 0.29) is 0 Å². The molecule has 0 aromatic heterocycles. The SMILES string of the molecule is O=C(ON1CCC(CCOc2ccccc2)CC1)C(F)(F)F. The van der Waals surface area contributed by atoms with Crippen LogP contribution in [0.15, 0.2) is 30.3 Å². The molecule has 22 heavy (non-hydrogen) atoms. The Bertz CT molecular complexity index is 471. The highest BCUT2D eigenvalue weighted by molar-refractivity contribution is 5.75. The molecule has 0 spiro atoms. The van der Waals surface area contributed by atoms with E-state index < -0.39 is 12.1 Å². The van der Waals surface area contributed by atoms with Crippen LogP contribution in [0.3, 0.4) is 0 Å². The predicted molar refractivity (Wildman–Crippen MR) is 73.0 cm³/mol. The molecule has 1 aliphatic heterocycles. The number of halogens is 3.